The molecule has 9 heteroatoms. The van der Waals surface area contributed by atoms with Gasteiger partial charge in [0.1, 0.15) is 13.2 Å². The standard InChI is InChI=1S/C70H141N2O6P/c1-6-8-10-12-14-16-18-20-22-24-26-27-28-29-30-31-32-33-34-35-36-37-38-39-40-41-42-43-44-45-46-48-50-52-54-56-58-60-62-64-70(74)71-68(67-78-79(75,76)77-66-65-72(3,4)5)69(73)63-61-59-57-55-53-51-49-47-25-23-21-19-17-15-13-11-9-7-2/h61,63,68-69,73H,6-60,62,64-67H2,1-5H3,(H-,71,74,75,76)/p+1/b63-61+. The van der Waals surface area contributed by atoms with Gasteiger partial charge in [-0.25, -0.2) is 4.57 Å². The highest BCUT2D eigenvalue weighted by molar-refractivity contribution is 7.47. The second kappa shape index (κ2) is 61.8. The fourth-order valence-electron chi connectivity index (χ4n) is 11.2. The molecule has 0 radical (unpaired) electrons. The molecule has 0 fully saturated rings. The topological polar surface area (TPSA) is 105 Å². The number of aliphatic hydroxyl groups is 1. The first-order valence-corrected chi connectivity index (χ1v) is 37.1. The maximum absolute atomic E-state index is 13.0. The molecule has 3 N–H and O–H groups in total. The highest BCUT2D eigenvalue weighted by Gasteiger charge is 2.28. The normalized spacial score (nSPS) is 13.7. The molecule has 3 atom stereocenters. The summed E-state index contributed by atoms with van der Waals surface area (Å²) in [6, 6.07) is -0.843. The van der Waals surface area contributed by atoms with Crippen LogP contribution in [-0.2, 0) is 18.4 Å². The van der Waals surface area contributed by atoms with Gasteiger partial charge < -0.3 is 19.8 Å². The Morgan fingerprint density at radius 2 is 0.671 bits per heavy atom. The van der Waals surface area contributed by atoms with Crippen molar-refractivity contribution in [2.24, 2.45) is 0 Å². The molecular weight excluding hydrogens is 996 g/mol. The highest BCUT2D eigenvalue weighted by atomic mass is 31.2. The van der Waals surface area contributed by atoms with Crippen LogP contribution in [-0.4, -0.2) is 73.4 Å². The van der Waals surface area contributed by atoms with E-state index in [1.54, 1.807) is 6.08 Å². The van der Waals surface area contributed by atoms with E-state index in [4.69, 9.17) is 9.05 Å². The monoisotopic (exact) mass is 1140 g/mol. The molecule has 0 spiro atoms. The van der Waals surface area contributed by atoms with Crippen LogP contribution >= 0.6 is 7.82 Å². The summed E-state index contributed by atoms with van der Waals surface area (Å²) < 4.78 is 23.8. The van der Waals surface area contributed by atoms with Gasteiger partial charge in [-0.05, 0) is 19.3 Å². The molecule has 0 saturated carbocycles. The lowest BCUT2D eigenvalue weighted by atomic mass is 10.0. The van der Waals surface area contributed by atoms with E-state index in [9.17, 15) is 19.4 Å². The Hall–Kier alpha value is -0.760. The van der Waals surface area contributed by atoms with Crippen LogP contribution in [0.3, 0.4) is 0 Å². The summed E-state index contributed by atoms with van der Waals surface area (Å²) in [6.45, 7) is 4.88. The Morgan fingerprint density at radius 1 is 0.418 bits per heavy atom. The zero-order chi connectivity index (χ0) is 57.7. The van der Waals surface area contributed by atoms with Crippen LogP contribution in [0.1, 0.15) is 380 Å². The maximum atomic E-state index is 13.0. The molecule has 0 aliphatic carbocycles. The molecule has 8 nitrogen and oxygen atoms in total. The second-order valence-corrected chi connectivity index (χ2v) is 27.4. The minimum absolute atomic E-state index is 0.0653. The highest BCUT2D eigenvalue weighted by Crippen LogP contribution is 2.43. The molecule has 0 aromatic rings. The molecule has 0 aliphatic heterocycles. The first kappa shape index (κ1) is 78.2. The number of amides is 1. The smallest absolute Gasteiger partial charge is 0.387 e. The summed E-state index contributed by atoms with van der Waals surface area (Å²) in [5, 5.41) is 14.0. The minimum Gasteiger partial charge on any atom is -0.387 e. The minimum atomic E-state index is -4.35. The van der Waals surface area contributed by atoms with Crippen LogP contribution in [0, 0.1) is 0 Å². The van der Waals surface area contributed by atoms with Gasteiger partial charge in [0, 0.05) is 6.42 Å². The van der Waals surface area contributed by atoms with Gasteiger partial charge in [-0.1, -0.05) is 366 Å². The number of hydrogen-bond acceptors (Lipinski definition) is 5. The number of aliphatic hydroxyl groups excluding tert-OH is 1. The zero-order valence-electron chi connectivity index (χ0n) is 54.2. The number of carbonyl (C=O) groups is 1. The van der Waals surface area contributed by atoms with E-state index >= 15 is 0 Å². The number of likely N-dealkylation sites (N-methyl/N-ethyl adjacent to an activating group) is 1. The molecule has 0 aliphatic rings. The van der Waals surface area contributed by atoms with Gasteiger partial charge in [0.15, 0.2) is 0 Å². The van der Waals surface area contributed by atoms with E-state index in [-0.39, 0.29) is 19.1 Å². The van der Waals surface area contributed by atoms with E-state index in [1.807, 2.05) is 27.2 Å². The van der Waals surface area contributed by atoms with E-state index in [0.717, 1.165) is 32.1 Å². The van der Waals surface area contributed by atoms with Crippen molar-refractivity contribution < 1.29 is 32.9 Å². The molecule has 0 aromatic carbocycles. The van der Waals surface area contributed by atoms with Crippen LogP contribution in [0.5, 0.6) is 0 Å². The number of carbonyl (C=O) groups excluding carboxylic acids is 1. The summed E-state index contributed by atoms with van der Waals surface area (Å²) in [5.74, 6) is -0.167. The number of phosphoric ester groups is 1. The number of quaternary nitrogens is 1. The third-order valence-corrected chi connectivity index (χ3v) is 17.7. The van der Waals surface area contributed by atoms with Crippen molar-refractivity contribution >= 4 is 13.7 Å². The molecule has 1 amide bonds. The Kier molecular flexibility index (Phi) is 61.2. The third-order valence-electron chi connectivity index (χ3n) is 16.8. The van der Waals surface area contributed by atoms with Crippen LogP contribution in [0.2, 0.25) is 0 Å². The van der Waals surface area contributed by atoms with Gasteiger partial charge in [0.2, 0.25) is 5.91 Å². The summed E-state index contributed by atoms with van der Waals surface area (Å²) in [4.78, 5) is 23.4. The lowest BCUT2D eigenvalue weighted by molar-refractivity contribution is -0.870. The molecular formula is C70H142N2O6P+. The van der Waals surface area contributed by atoms with Crippen molar-refractivity contribution in [1.29, 1.82) is 0 Å². The molecule has 0 rings (SSSR count). The summed E-state index contributed by atoms with van der Waals surface area (Å²) in [6.07, 6.45) is 79.5. The Balaban J connectivity index is 3.87. The van der Waals surface area contributed by atoms with Gasteiger partial charge in [-0.15, -0.1) is 0 Å². The van der Waals surface area contributed by atoms with Crippen molar-refractivity contribution in [2.75, 3.05) is 40.9 Å². The van der Waals surface area contributed by atoms with E-state index in [2.05, 4.69) is 19.2 Å². The molecule has 0 saturated heterocycles. The first-order valence-electron chi connectivity index (χ1n) is 35.6. The number of allylic oxidation sites excluding steroid dienone is 1. The molecule has 472 valence electrons. The SMILES string of the molecule is CCCCCCCCCCCCCCCCCC/C=C/C(O)C(COP(=O)(O)OCC[N+](C)(C)C)NC(=O)CCCCCCCCCCCCCCCCCCCCCCCCCCCCCCCCCCCCCCCCC. The Labute approximate surface area is 494 Å². The van der Waals surface area contributed by atoms with Crippen molar-refractivity contribution in [3.8, 4) is 0 Å². The van der Waals surface area contributed by atoms with Crippen molar-refractivity contribution in [2.45, 2.75) is 392 Å². The Morgan fingerprint density at radius 3 is 0.937 bits per heavy atom. The molecule has 0 heterocycles. The van der Waals surface area contributed by atoms with Crippen LogP contribution in [0.15, 0.2) is 12.2 Å². The van der Waals surface area contributed by atoms with E-state index < -0.39 is 20.0 Å². The molecule has 0 aromatic heterocycles. The molecule has 3 unspecified atom stereocenters. The quantitative estimate of drug-likeness (QED) is 0.0243. The zero-order valence-corrected chi connectivity index (χ0v) is 55.1. The van der Waals surface area contributed by atoms with E-state index in [0.29, 0.717) is 17.4 Å². The largest absolute Gasteiger partial charge is 0.472 e. The fraction of sp³-hybridized carbons (Fsp3) is 0.957. The number of hydrogen-bond donors (Lipinski definition) is 3. The number of rotatable bonds is 67. The number of nitrogens with one attached hydrogen (secondary N) is 1. The lowest BCUT2D eigenvalue weighted by Gasteiger charge is -2.25. The lowest BCUT2D eigenvalue weighted by Crippen LogP contribution is -2.45. The summed E-state index contributed by atoms with van der Waals surface area (Å²) in [7, 11) is 1.59. The van der Waals surface area contributed by atoms with Gasteiger partial charge in [-0.3, -0.25) is 13.8 Å². The van der Waals surface area contributed by atoms with Crippen LogP contribution < -0.4 is 5.32 Å². The van der Waals surface area contributed by atoms with Crippen LogP contribution in [0.4, 0.5) is 0 Å². The average molecular weight is 1140 g/mol. The number of unbranched alkanes of at least 4 members (excludes halogenated alkanes) is 54. The fourth-order valence-corrected chi connectivity index (χ4v) is 12.0. The van der Waals surface area contributed by atoms with Gasteiger partial charge in [0.05, 0.1) is 39.9 Å². The van der Waals surface area contributed by atoms with Crippen molar-refractivity contribution in [3.63, 3.8) is 0 Å². The maximum Gasteiger partial charge on any atom is 0.472 e. The average Bonchev–Trinajstić information content (AvgIpc) is 3.42. The van der Waals surface area contributed by atoms with E-state index in [1.165, 1.54) is 327 Å². The Bertz CT molecular complexity index is 1290. The van der Waals surface area contributed by atoms with Gasteiger partial charge >= 0.3 is 7.82 Å². The summed E-state index contributed by atoms with van der Waals surface area (Å²) >= 11 is 0. The van der Waals surface area contributed by atoms with Gasteiger partial charge in [-0.2, -0.15) is 0 Å². The molecule has 0 bridgehead atoms. The predicted molar refractivity (Wildman–Crippen MR) is 346 cm³/mol. The third kappa shape index (κ3) is 64.7. The van der Waals surface area contributed by atoms with Crippen molar-refractivity contribution in [3.05, 3.63) is 12.2 Å². The summed E-state index contributed by atoms with van der Waals surface area (Å²) in [5.41, 5.74) is 0. The second-order valence-electron chi connectivity index (χ2n) is 26.0. The van der Waals surface area contributed by atoms with Crippen molar-refractivity contribution in [1.82, 2.24) is 5.32 Å². The number of nitrogens with zero attached hydrogens (tertiary/aromatic N) is 1. The molecule has 79 heavy (non-hydrogen) atoms. The first-order chi connectivity index (χ1) is 38.5. The number of phosphoric acid groups is 1. The van der Waals surface area contributed by atoms with Crippen LogP contribution in [0.25, 0.3) is 0 Å². The predicted octanol–water partition coefficient (Wildman–Crippen LogP) is 22.5. The van der Waals surface area contributed by atoms with Gasteiger partial charge in [0.25, 0.3) is 0 Å².